The van der Waals surface area contributed by atoms with Crippen molar-refractivity contribution in [1.82, 2.24) is 29.7 Å². The van der Waals surface area contributed by atoms with Crippen LogP contribution >= 0.6 is 0 Å². The molecule has 2 aliphatic rings. The number of rotatable bonds is 17. The van der Waals surface area contributed by atoms with E-state index in [0.717, 1.165) is 48.6 Å². The lowest BCUT2D eigenvalue weighted by molar-refractivity contribution is -0.137. The number of benzene rings is 2. The monoisotopic (exact) mass is 792 g/mol. The van der Waals surface area contributed by atoms with Crippen molar-refractivity contribution in [3.63, 3.8) is 0 Å². The van der Waals surface area contributed by atoms with E-state index in [4.69, 9.17) is 20.0 Å². The summed E-state index contributed by atoms with van der Waals surface area (Å²) < 4.78 is 48.6. The summed E-state index contributed by atoms with van der Waals surface area (Å²) >= 11 is 0. The minimum Gasteiger partial charge on any atom is -0.494 e. The summed E-state index contributed by atoms with van der Waals surface area (Å²) in [5.41, 5.74) is 2.63. The molecule has 4 heterocycles. The van der Waals surface area contributed by atoms with Gasteiger partial charge in [0, 0.05) is 43.0 Å². The zero-order chi connectivity index (χ0) is 40.8. The highest BCUT2D eigenvalue weighted by Gasteiger charge is 2.35. The Hall–Kier alpha value is -6.37. The average Bonchev–Trinajstić information content (AvgIpc) is 3.92. The Balaban J connectivity index is 0.848. The van der Waals surface area contributed by atoms with Crippen molar-refractivity contribution in [3.05, 3.63) is 89.5 Å². The largest absolute Gasteiger partial charge is 0.494 e. The van der Waals surface area contributed by atoms with Gasteiger partial charge in [-0.1, -0.05) is 12.1 Å². The molecule has 1 aliphatic heterocycles. The van der Waals surface area contributed by atoms with Crippen LogP contribution in [0.5, 0.6) is 5.75 Å². The normalized spacial score (nSPS) is 13.8. The van der Waals surface area contributed by atoms with Gasteiger partial charge in [0.1, 0.15) is 17.8 Å². The van der Waals surface area contributed by atoms with Gasteiger partial charge in [0.25, 0.3) is 0 Å². The van der Waals surface area contributed by atoms with Gasteiger partial charge in [0.2, 0.25) is 5.91 Å². The number of ketones is 1. The van der Waals surface area contributed by atoms with Gasteiger partial charge in [-0.15, -0.1) is 5.10 Å². The van der Waals surface area contributed by atoms with Crippen LogP contribution in [0.15, 0.2) is 67.1 Å². The number of carbonyl (C=O) groups is 2. The van der Waals surface area contributed by atoms with E-state index in [-0.39, 0.29) is 31.2 Å². The molecular weight excluding hydrogens is 750 g/mol. The van der Waals surface area contributed by atoms with E-state index in [0.29, 0.717) is 78.9 Å². The average molecular weight is 793 g/mol. The first-order valence-electron chi connectivity index (χ1n) is 19.4. The third-order valence-electron chi connectivity index (χ3n) is 10.2. The molecular formula is C42H43F3N10O3. The molecule has 58 heavy (non-hydrogen) atoms. The molecule has 0 bridgehead atoms. The molecule has 1 saturated carbocycles. The topological polar surface area (TPSA) is 155 Å². The number of pyridine rings is 1. The number of likely N-dealkylation sites (N-methyl/N-ethyl adjacent to an activating group) is 1. The van der Waals surface area contributed by atoms with E-state index in [1.807, 2.05) is 50.2 Å². The van der Waals surface area contributed by atoms with Crippen LogP contribution < -0.4 is 19.9 Å². The number of anilines is 3. The second-order valence-electron chi connectivity index (χ2n) is 14.5. The van der Waals surface area contributed by atoms with Crippen molar-refractivity contribution in [2.75, 3.05) is 47.9 Å². The Morgan fingerprint density at radius 1 is 1.05 bits per heavy atom. The van der Waals surface area contributed by atoms with Crippen LogP contribution in [0.25, 0.3) is 22.8 Å². The SMILES string of the molecule is CCN1C(=O)CNc2ncc(-c3ccc(-c4ncn(CCCCOc5ccc(CCC(=O)CN(CC6CC6)c6ccc(C#N)c(C(F)(F)F)c6)cc5)n4)nc3C)nc21. The number of ether oxygens (including phenoxy) is 1. The molecule has 13 nitrogen and oxygen atoms in total. The fraction of sp³-hybridized carbons (Fsp3) is 0.381. The number of nitrogens with one attached hydrogen (secondary N) is 1. The third-order valence-corrected chi connectivity index (χ3v) is 10.2. The number of aromatic nitrogens is 6. The molecule has 5 aromatic rings. The number of fused-ring (bicyclic) bond motifs is 1. The number of hydrogen-bond acceptors (Lipinski definition) is 11. The maximum absolute atomic E-state index is 13.6. The van der Waals surface area contributed by atoms with Crippen molar-refractivity contribution in [1.29, 1.82) is 5.26 Å². The van der Waals surface area contributed by atoms with Gasteiger partial charge in [0.15, 0.2) is 23.2 Å². The van der Waals surface area contributed by atoms with Gasteiger partial charge in [0.05, 0.1) is 48.8 Å². The van der Waals surface area contributed by atoms with E-state index >= 15 is 0 Å². The Morgan fingerprint density at radius 2 is 1.86 bits per heavy atom. The van der Waals surface area contributed by atoms with Gasteiger partial charge in [-0.3, -0.25) is 19.2 Å². The van der Waals surface area contributed by atoms with Gasteiger partial charge in [-0.2, -0.15) is 18.4 Å². The summed E-state index contributed by atoms with van der Waals surface area (Å²) in [5, 5.41) is 16.8. The summed E-state index contributed by atoms with van der Waals surface area (Å²) in [6.45, 7) is 6.16. The number of aryl methyl sites for hydroxylation is 3. The van der Waals surface area contributed by atoms with Gasteiger partial charge in [-0.25, -0.2) is 19.9 Å². The third kappa shape index (κ3) is 9.59. The van der Waals surface area contributed by atoms with Gasteiger partial charge in [-0.05, 0) is 99.9 Å². The molecule has 0 atom stereocenters. The smallest absolute Gasteiger partial charge is 0.417 e. The number of carbonyl (C=O) groups excluding carboxylic acids is 2. The maximum atomic E-state index is 13.6. The molecule has 0 radical (unpaired) electrons. The van der Waals surface area contributed by atoms with Crippen LogP contribution in [-0.2, 0) is 28.7 Å². The first-order valence-corrected chi connectivity index (χ1v) is 19.4. The molecule has 0 saturated heterocycles. The van der Waals surface area contributed by atoms with Crippen LogP contribution in [0.1, 0.15) is 61.4 Å². The lowest BCUT2D eigenvalue weighted by Gasteiger charge is -2.27. The number of alkyl halides is 3. The van der Waals surface area contributed by atoms with Crippen LogP contribution in [-0.4, -0.2) is 74.2 Å². The van der Waals surface area contributed by atoms with E-state index in [2.05, 4.69) is 20.4 Å². The van der Waals surface area contributed by atoms with Crippen LogP contribution in [0.2, 0.25) is 0 Å². The summed E-state index contributed by atoms with van der Waals surface area (Å²) in [4.78, 5) is 47.1. The highest BCUT2D eigenvalue weighted by molar-refractivity contribution is 6.00. The molecule has 1 aliphatic carbocycles. The van der Waals surface area contributed by atoms with Crippen LogP contribution in [0, 0.1) is 24.2 Å². The van der Waals surface area contributed by atoms with Gasteiger partial charge < -0.3 is 15.0 Å². The molecule has 1 N–H and O–H groups in total. The predicted octanol–water partition coefficient (Wildman–Crippen LogP) is 7.05. The Bertz CT molecular complexity index is 2320. The second kappa shape index (κ2) is 17.4. The number of nitrogens with zero attached hydrogens (tertiary/aromatic N) is 9. The zero-order valence-electron chi connectivity index (χ0n) is 32.3. The second-order valence-corrected chi connectivity index (χ2v) is 14.5. The quantitative estimate of drug-likeness (QED) is 0.0964. The number of halogens is 3. The standard InChI is InChI=1S/C42H43F3N10O3/c1-3-55-38(57)23-48-40-41(55)51-37(22-47-40)34-16-17-36(50-27(34)2)39-49-26-54(52-39)18-4-5-19-58-33-14-9-28(10-15-33)8-13-32(56)25-53(24-29-6-7-29)31-12-11-30(21-46)35(20-31)42(43,44)45/h9-12,14-17,20,22,26,29H,3-8,13,18-19,23-25H2,1-2H3,(H,47,48). The van der Waals surface area contributed by atoms with Crippen molar-refractivity contribution < 1.29 is 27.5 Å². The maximum Gasteiger partial charge on any atom is 0.417 e. The lowest BCUT2D eigenvalue weighted by atomic mass is 10.0. The molecule has 1 amide bonds. The van der Waals surface area contributed by atoms with E-state index in [9.17, 15) is 22.8 Å². The van der Waals surface area contributed by atoms with E-state index in [1.54, 1.807) is 33.1 Å². The predicted molar refractivity (Wildman–Crippen MR) is 211 cm³/mol. The minimum absolute atomic E-state index is 0.00867. The number of hydrogen-bond donors (Lipinski definition) is 1. The fourth-order valence-electron chi connectivity index (χ4n) is 6.83. The molecule has 7 rings (SSSR count). The molecule has 0 unspecified atom stereocenters. The number of amides is 1. The first kappa shape index (κ1) is 39.8. The Kier molecular flexibility index (Phi) is 12.0. The number of nitriles is 1. The molecule has 1 fully saturated rings. The zero-order valence-corrected chi connectivity index (χ0v) is 32.3. The molecule has 0 spiro atoms. The minimum atomic E-state index is -4.66. The van der Waals surface area contributed by atoms with Crippen LogP contribution in [0.3, 0.4) is 0 Å². The Morgan fingerprint density at radius 3 is 2.59 bits per heavy atom. The fourth-order valence-corrected chi connectivity index (χ4v) is 6.83. The highest BCUT2D eigenvalue weighted by Crippen LogP contribution is 2.37. The van der Waals surface area contributed by atoms with Crippen molar-refractivity contribution >= 4 is 29.0 Å². The Labute approximate surface area is 333 Å². The van der Waals surface area contributed by atoms with Gasteiger partial charge >= 0.3 is 6.18 Å². The summed E-state index contributed by atoms with van der Waals surface area (Å²) in [6.07, 6.45) is 3.02. The van der Waals surface area contributed by atoms with Crippen molar-refractivity contribution in [3.8, 4) is 34.6 Å². The van der Waals surface area contributed by atoms with E-state index in [1.165, 1.54) is 12.1 Å². The molecule has 3 aromatic heterocycles. The number of unbranched alkanes of at least 4 members (excludes halogenated alkanes) is 1. The summed E-state index contributed by atoms with van der Waals surface area (Å²) in [5.74, 6) is 2.55. The highest BCUT2D eigenvalue weighted by atomic mass is 19.4. The molecule has 2 aromatic carbocycles. The summed E-state index contributed by atoms with van der Waals surface area (Å²) in [7, 11) is 0. The van der Waals surface area contributed by atoms with Crippen LogP contribution in [0.4, 0.5) is 30.5 Å². The van der Waals surface area contributed by atoms with Crippen molar-refractivity contribution in [2.45, 2.75) is 65.1 Å². The number of Topliss-reactive ketones (excluding diaryl/α,β-unsaturated/α-hetero) is 1. The first-order chi connectivity index (χ1) is 28.0. The van der Waals surface area contributed by atoms with Crippen molar-refractivity contribution in [2.24, 2.45) is 5.92 Å². The van der Waals surface area contributed by atoms with E-state index < -0.39 is 17.3 Å². The molecule has 16 heteroatoms. The summed E-state index contributed by atoms with van der Waals surface area (Å²) in [6, 6.07) is 16.6. The lowest BCUT2D eigenvalue weighted by Crippen LogP contribution is -2.40. The molecule has 300 valence electrons.